The predicted molar refractivity (Wildman–Crippen MR) is 69.2 cm³/mol. The molecule has 3 N–H and O–H groups in total. The van der Waals surface area contributed by atoms with E-state index in [0.29, 0.717) is 10.7 Å². The molecule has 7 heteroatoms. The molecule has 2 aromatic heterocycles. The maximum Gasteiger partial charge on any atom is 0.152 e. The Morgan fingerprint density at radius 3 is 2.94 bits per heavy atom. The van der Waals surface area contributed by atoms with Crippen molar-refractivity contribution in [2.45, 2.75) is 6.92 Å². The molecule has 0 aliphatic rings. The highest BCUT2D eigenvalue weighted by Gasteiger charge is 2.13. The fraction of sp³-hybridized carbons (Fsp3) is 0.100. The number of aryl methyl sites for hydroxylation is 1. The third-order valence-electron chi connectivity index (χ3n) is 2.45. The van der Waals surface area contributed by atoms with Crippen LogP contribution in [0.15, 0.2) is 12.1 Å². The number of hydrogen-bond donors (Lipinski definition) is 2. The van der Waals surface area contributed by atoms with Crippen molar-refractivity contribution in [2.24, 2.45) is 0 Å². The number of benzene rings is 1. The fourth-order valence-corrected chi connectivity index (χ4v) is 2.49. The first-order valence-electron chi connectivity index (χ1n) is 4.89. The van der Waals surface area contributed by atoms with Crippen molar-refractivity contribution in [2.75, 3.05) is 5.73 Å². The lowest BCUT2D eigenvalue weighted by molar-refractivity contribution is 1.09. The number of H-pyrrole nitrogens is 1. The van der Waals surface area contributed by atoms with Crippen molar-refractivity contribution in [1.82, 2.24) is 19.6 Å². The molecule has 3 aromatic rings. The number of aromatic nitrogens is 4. The van der Waals surface area contributed by atoms with Gasteiger partial charge in [0.15, 0.2) is 5.82 Å². The first-order chi connectivity index (χ1) is 8.15. The third-order valence-corrected chi connectivity index (χ3v) is 3.50. The van der Waals surface area contributed by atoms with Gasteiger partial charge in [-0.05, 0) is 30.6 Å². The maximum absolute atomic E-state index is 5.94. The summed E-state index contributed by atoms with van der Waals surface area (Å²) in [4.78, 5) is 8.54. The van der Waals surface area contributed by atoms with Gasteiger partial charge in [0.25, 0.3) is 0 Å². The van der Waals surface area contributed by atoms with Gasteiger partial charge in [0.2, 0.25) is 0 Å². The maximum atomic E-state index is 5.94. The molecule has 2 heterocycles. The van der Waals surface area contributed by atoms with Crippen LogP contribution in [0.3, 0.4) is 0 Å². The van der Waals surface area contributed by atoms with Gasteiger partial charge in [0.1, 0.15) is 10.4 Å². The van der Waals surface area contributed by atoms with E-state index in [1.54, 1.807) is 12.1 Å². The van der Waals surface area contributed by atoms with Crippen LogP contribution >= 0.6 is 23.1 Å². The lowest BCUT2D eigenvalue weighted by Gasteiger charge is -1.94. The summed E-state index contributed by atoms with van der Waals surface area (Å²) in [7, 11) is 0. The Balaban J connectivity index is 2.27. The van der Waals surface area contributed by atoms with Crippen molar-refractivity contribution < 1.29 is 0 Å². The standard InChI is InChI=1S/C10H8ClN5S/c1-4-9(17-16-15-4)10-13-7-3-5(11)2-6(12)8(7)14-10/h2-3H,12H2,1H3,(H,13,14). The molecule has 0 bridgehead atoms. The van der Waals surface area contributed by atoms with Gasteiger partial charge in [-0.1, -0.05) is 16.1 Å². The summed E-state index contributed by atoms with van der Waals surface area (Å²) < 4.78 is 3.88. The van der Waals surface area contributed by atoms with Gasteiger partial charge < -0.3 is 10.7 Å². The predicted octanol–water partition coefficient (Wildman–Crippen LogP) is 2.63. The fourth-order valence-electron chi connectivity index (χ4n) is 1.66. The van der Waals surface area contributed by atoms with E-state index in [2.05, 4.69) is 19.6 Å². The highest BCUT2D eigenvalue weighted by atomic mass is 35.5. The molecule has 0 unspecified atom stereocenters. The van der Waals surface area contributed by atoms with Crippen molar-refractivity contribution in [3.63, 3.8) is 0 Å². The summed E-state index contributed by atoms with van der Waals surface area (Å²) in [5.41, 5.74) is 8.81. The zero-order valence-corrected chi connectivity index (χ0v) is 10.4. The first-order valence-corrected chi connectivity index (χ1v) is 6.04. The van der Waals surface area contributed by atoms with Crippen LogP contribution in [0.1, 0.15) is 5.69 Å². The van der Waals surface area contributed by atoms with Crippen LogP contribution in [0.25, 0.3) is 21.7 Å². The molecule has 0 aliphatic carbocycles. The summed E-state index contributed by atoms with van der Waals surface area (Å²) in [5, 5.41) is 4.54. The van der Waals surface area contributed by atoms with Gasteiger partial charge >= 0.3 is 0 Å². The average Bonchev–Trinajstić information content (AvgIpc) is 2.83. The number of fused-ring (bicyclic) bond motifs is 1. The van der Waals surface area contributed by atoms with Crippen LogP contribution in [0, 0.1) is 6.92 Å². The minimum atomic E-state index is 0.560. The first kappa shape index (κ1) is 10.5. The zero-order valence-electron chi connectivity index (χ0n) is 8.86. The van der Waals surface area contributed by atoms with Crippen molar-refractivity contribution >= 4 is 39.9 Å². The van der Waals surface area contributed by atoms with Crippen molar-refractivity contribution in [3.05, 3.63) is 22.8 Å². The SMILES string of the molecule is Cc1nnsc1-c1nc2c(N)cc(Cl)cc2[nH]1. The minimum absolute atomic E-state index is 0.560. The number of hydrogen-bond acceptors (Lipinski definition) is 5. The number of nitrogens with zero attached hydrogens (tertiary/aromatic N) is 3. The molecular formula is C10H8ClN5S. The number of aromatic amines is 1. The van der Waals surface area contributed by atoms with Crippen molar-refractivity contribution in [3.8, 4) is 10.7 Å². The third kappa shape index (κ3) is 1.65. The van der Waals surface area contributed by atoms with Crippen LogP contribution in [0.4, 0.5) is 5.69 Å². The zero-order chi connectivity index (χ0) is 12.0. The molecule has 0 fully saturated rings. The average molecular weight is 266 g/mol. The van der Waals surface area contributed by atoms with E-state index in [0.717, 1.165) is 27.4 Å². The van der Waals surface area contributed by atoms with E-state index in [-0.39, 0.29) is 0 Å². The highest BCUT2D eigenvalue weighted by molar-refractivity contribution is 7.09. The highest BCUT2D eigenvalue weighted by Crippen LogP contribution is 2.29. The number of rotatable bonds is 1. The van der Waals surface area contributed by atoms with E-state index in [1.807, 2.05) is 6.92 Å². The summed E-state index contributed by atoms with van der Waals surface area (Å²) in [6.07, 6.45) is 0. The molecular weight excluding hydrogens is 258 g/mol. The molecule has 17 heavy (non-hydrogen) atoms. The Labute approximate surface area is 106 Å². The summed E-state index contributed by atoms with van der Waals surface area (Å²) in [6, 6.07) is 3.49. The van der Waals surface area contributed by atoms with Crippen molar-refractivity contribution in [1.29, 1.82) is 0 Å². The number of halogens is 1. The lowest BCUT2D eigenvalue weighted by atomic mass is 10.3. The molecule has 0 saturated carbocycles. The van der Waals surface area contributed by atoms with Crippen LogP contribution in [0.5, 0.6) is 0 Å². The lowest BCUT2D eigenvalue weighted by Crippen LogP contribution is -1.86. The van der Waals surface area contributed by atoms with Gasteiger partial charge in [-0.2, -0.15) is 0 Å². The van der Waals surface area contributed by atoms with Gasteiger partial charge in [-0.15, -0.1) is 5.10 Å². The number of imidazole rings is 1. The molecule has 86 valence electrons. The molecule has 0 aliphatic heterocycles. The summed E-state index contributed by atoms with van der Waals surface area (Å²) >= 11 is 7.24. The van der Waals surface area contributed by atoms with Crippen LogP contribution in [0.2, 0.25) is 5.02 Å². The Kier molecular flexibility index (Phi) is 2.27. The van der Waals surface area contributed by atoms with Gasteiger partial charge in [-0.25, -0.2) is 4.98 Å². The Morgan fingerprint density at radius 1 is 1.41 bits per heavy atom. The minimum Gasteiger partial charge on any atom is -0.397 e. The van der Waals surface area contributed by atoms with E-state index in [9.17, 15) is 0 Å². The van der Waals surface area contributed by atoms with Gasteiger partial charge in [0, 0.05) is 5.02 Å². The van der Waals surface area contributed by atoms with Gasteiger partial charge in [-0.3, -0.25) is 0 Å². The smallest absolute Gasteiger partial charge is 0.152 e. The largest absolute Gasteiger partial charge is 0.397 e. The van der Waals surface area contributed by atoms with E-state index >= 15 is 0 Å². The monoisotopic (exact) mass is 265 g/mol. The number of nitrogens with two attached hydrogens (primary N) is 1. The molecule has 1 aromatic carbocycles. The molecule has 0 radical (unpaired) electrons. The summed E-state index contributed by atoms with van der Waals surface area (Å²) in [5.74, 6) is 0.724. The molecule has 0 amide bonds. The quantitative estimate of drug-likeness (QED) is 0.663. The van der Waals surface area contributed by atoms with E-state index < -0.39 is 0 Å². The summed E-state index contributed by atoms with van der Waals surface area (Å²) in [6.45, 7) is 1.89. The van der Waals surface area contributed by atoms with Crippen LogP contribution in [-0.4, -0.2) is 19.6 Å². The molecule has 5 nitrogen and oxygen atoms in total. The second kappa shape index (κ2) is 3.68. The van der Waals surface area contributed by atoms with E-state index in [4.69, 9.17) is 17.3 Å². The van der Waals surface area contributed by atoms with Crippen LogP contribution in [-0.2, 0) is 0 Å². The second-order valence-corrected chi connectivity index (χ2v) is 4.85. The molecule has 0 spiro atoms. The number of nitrogens with one attached hydrogen (secondary N) is 1. The van der Waals surface area contributed by atoms with Crippen LogP contribution < -0.4 is 5.73 Å². The van der Waals surface area contributed by atoms with E-state index in [1.165, 1.54) is 11.5 Å². The normalized spacial score (nSPS) is 11.2. The topological polar surface area (TPSA) is 80.5 Å². The number of nitrogen functional groups attached to an aromatic ring is 1. The molecule has 0 saturated heterocycles. The Morgan fingerprint density at radius 2 is 2.24 bits per heavy atom. The molecule has 0 atom stereocenters. The Hall–Kier alpha value is -1.66. The number of anilines is 1. The Bertz CT molecular complexity index is 702. The second-order valence-electron chi connectivity index (χ2n) is 3.66. The molecule has 3 rings (SSSR count). The van der Waals surface area contributed by atoms with Gasteiger partial charge in [0.05, 0.1) is 16.9 Å².